The van der Waals surface area contributed by atoms with Crippen LogP contribution in [0.2, 0.25) is 0 Å². The molecule has 2 aliphatic rings. The fourth-order valence-electron chi connectivity index (χ4n) is 3.08. The molecular weight excluding hydrogens is 368 g/mol. The highest BCUT2D eigenvalue weighted by Crippen LogP contribution is 2.45. The predicted molar refractivity (Wildman–Crippen MR) is 99.9 cm³/mol. The van der Waals surface area contributed by atoms with Crippen molar-refractivity contribution < 1.29 is 19.1 Å². The summed E-state index contributed by atoms with van der Waals surface area (Å²) in [5.41, 5.74) is 7.08. The molecule has 1 aromatic rings. The zero-order valence-corrected chi connectivity index (χ0v) is 15.6. The van der Waals surface area contributed by atoms with Gasteiger partial charge in [-0.3, -0.25) is 10.1 Å². The summed E-state index contributed by atoms with van der Waals surface area (Å²) in [6, 6.07) is 8.76. The third kappa shape index (κ3) is 4.02. The Labute approximate surface area is 161 Å². The number of carbonyl (C=O) groups excluding carboxylic acids is 2. The van der Waals surface area contributed by atoms with E-state index in [0.29, 0.717) is 42.7 Å². The van der Waals surface area contributed by atoms with Crippen molar-refractivity contribution in [3.05, 3.63) is 40.4 Å². The largest absolute Gasteiger partial charge is 0.497 e. The van der Waals surface area contributed by atoms with Crippen LogP contribution in [0, 0.1) is 11.3 Å². The molecule has 0 bridgehead atoms. The van der Waals surface area contributed by atoms with E-state index in [-0.39, 0.29) is 0 Å². The number of ether oxygens (including phenoxy) is 2. The van der Waals surface area contributed by atoms with E-state index < -0.39 is 23.1 Å². The minimum Gasteiger partial charge on any atom is -0.497 e. The van der Waals surface area contributed by atoms with Gasteiger partial charge in [0.15, 0.2) is 0 Å². The molecule has 27 heavy (non-hydrogen) atoms. The number of nitriles is 1. The third-order valence-corrected chi connectivity index (χ3v) is 5.73. The standard InChI is InChI=1S/C18H20N4O4S/c1-25-12-4-2-11(3-5-12)14-13(10-19)16(20)27-15(14)17(23)21-18(24)22-6-8-26-9-7-22/h2-5,14-15H,6-9,20H2,1H3,(H,21,23,24). The number of carbonyl (C=O) groups is 2. The Morgan fingerprint density at radius 1 is 1.33 bits per heavy atom. The molecule has 0 radical (unpaired) electrons. The van der Waals surface area contributed by atoms with E-state index in [4.69, 9.17) is 15.2 Å². The van der Waals surface area contributed by atoms with E-state index in [2.05, 4.69) is 11.4 Å². The van der Waals surface area contributed by atoms with Crippen LogP contribution in [0.15, 0.2) is 34.9 Å². The van der Waals surface area contributed by atoms with E-state index in [1.54, 1.807) is 31.4 Å². The fourth-order valence-corrected chi connectivity index (χ4v) is 4.25. The first-order valence-electron chi connectivity index (χ1n) is 8.43. The zero-order valence-electron chi connectivity index (χ0n) is 14.8. The van der Waals surface area contributed by atoms with E-state index in [1.165, 1.54) is 4.90 Å². The summed E-state index contributed by atoms with van der Waals surface area (Å²) in [5.74, 6) is -0.322. The lowest BCUT2D eigenvalue weighted by molar-refractivity contribution is -0.119. The van der Waals surface area contributed by atoms with Gasteiger partial charge in [0, 0.05) is 19.0 Å². The quantitative estimate of drug-likeness (QED) is 0.798. The Hall–Kier alpha value is -2.70. The molecule has 3 N–H and O–H groups in total. The van der Waals surface area contributed by atoms with Crippen LogP contribution >= 0.6 is 11.8 Å². The molecule has 2 unspecified atom stereocenters. The Bertz CT molecular complexity index is 797. The van der Waals surface area contributed by atoms with Gasteiger partial charge in [-0.25, -0.2) is 4.79 Å². The highest BCUT2D eigenvalue weighted by Gasteiger charge is 2.41. The van der Waals surface area contributed by atoms with E-state index >= 15 is 0 Å². The van der Waals surface area contributed by atoms with E-state index in [0.717, 1.165) is 17.3 Å². The molecule has 2 aliphatic heterocycles. The Kier molecular flexibility index (Phi) is 5.88. The number of nitrogens with one attached hydrogen (secondary N) is 1. The first-order chi connectivity index (χ1) is 13.0. The summed E-state index contributed by atoms with van der Waals surface area (Å²) in [6.07, 6.45) is 0. The first-order valence-corrected chi connectivity index (χ1v) is 9.31. The number of methoxy groups -OCH3 is 1. The van der Waals surface area contributed by atoms with Gasteiger partial charge in [0.2, 0.25) is 5.91 Å². The maximum Gasteiger partial charge on any atom is 0.324 e. The second-order valence-corrected chi connectivity index (χ2v) is 7.26. The average molecular weight is 388 g/mol. The average Bonchev–Trinajstić information content (AvgIpc) is 3.05. The summed E-state index contributed by atoms with van der Waals surface area (Å²) in [5, 5.41) is 11.5. The van der Waals surface area contributed by atoms with Crippen LogP contribution in [0.5, 0.6) is 5.75 Å². The number of morpholine rings is 1. The molecule has 1 aromatic carbocycles. The molecular formula is C18H20N4O4S. The summed E-state index contributed by atoms with van der Waals surface area (Å²) >= 11 is 1.10. The lowest BCUT2D eigenvalue weighted by Gasteiger charge is -2.27. The maximum absolute atomic E-state index is 12.8. The van der Waals surface area contributed by atoms with Crippen molar-refractivity contribution in [3.63, 3.8) is 0 Å². The van der Waals surface area contributed by atoms with Gasteiger partial charge < -0.3 is 20.1 Å². The van der Waals surface area contributed by atoms with Gasteiger partial charge in [0.25, 0.3) is 0 Å². The minimum atomic E-state index is -0.696. The van der Waals surface area contributed by atoms with Crippen molar-refractivity contribution in [1.29, 1.82) is 5.26 Å². The highest BCUT2D eigenvalue weighted by molar-refractivity contribution is 8.04. The molecule has 0 saturated carbocycles. The Morgan fingerprint density at radius 3 is 2.59 bits per heavy atom. The van der Waals surface area contributed by atoms with E-state index in [9.17, 15) is 14.9 Å². The lowest BCUT2D eigenvalue weighted by atomic mass is 9.88. The second-order valence-electron chi connectivity index (χ2n) is 6.07. The molecule has 1 saturated heterocycles. The minimum absolute atomic E-state index is 0.303. The monoisotopic (exact) mass is 388 g/mol. The third-order valence-electron chi connectivity index (χ3n) is 4.52. The molecule has 142 valence electrons. The van der Waals surface area contributed by atoms with Gasteiger partial charge in [0.05, 0.1) is 37.0 Å². The number of thioether (sulfide) groups is 1. The molecule has 0 aliphatic carbocycles. The lowest BCUT2D eigenvalue weighted by Crippen LogP contribution is -2.50. The van der Waals surface area contributed by atoms with Gasteiger partial charge in [-0.05, 0) is 17.7 Å². The zero-order chi connectivity index (χ0) is 19.4. The first kappa shape index (κ1) is 19.1. The van der Waals surface area contributed by atoms with Crippen LogP contribution in [0.25, 0.3) is 0 Å². The van der Waals surface area contributed by atoms with Crippen LogP contribution in [-0.2, 0) is 9.53 Å². The normalized spacial score (nSPS) is 22.3. The second kappa shape index (κ2) is 8.33. The van der Waals surface area contributed by atoms with Crippen LogP contribution in [0.4, 0.5) is 4.79 Å². The van der Waals surface area contributed by atoms with Crippen LogP contribution in [0.3, 0.4) is 0 Å². The number of imide groups is 1. The van der Waals surface area contributed by atoms with Gasteiger partial charge in [-0.1, -0.05) is 23.9 Å². The number of amides is 3. The fraction of sp³-hybridized carbons (Fsp3) is 0.389. The van der Waals surface area contributed by atoms with Crippen molar-refractivity contribution >= 4 is 23.7 Å². The Balaban J connectivity index is 1.79. The molecule has 8 nitrogen and oxygen atoms in total. The molecule has 2 heterocycles. The van der Waals surface area contributed by atoms with Gasteiger partial charge in [0.1, 0.15) is 11.0 Å². The molecule has 0 aromatic heterocycles. The van der Waals surface area contributed by atoms with Crippen LogP contribution in [0.1, 0.15) is 11.5 Å². The van der Waals surface area contributed by atoms with Gasteiger partial charge in [-0.2, -0.15) is 5.26 Å². The van der Waals surface area contributed by atoms with Crippen LogP contribution in [-0.4, -0.2) is 55.5 Å². The summed E-state index contributed by atoms with van der Waals surface area (Å²) in [4.78, 5) is 26.6. The number of nitrogens with zero attached hydrogens (tertiary/aromatic N) is 2. The number of urea groups is 1. The van der Waals surface area contributed by atoms with Crippen molar-refractivity contribution in [3.8, 4) is 11.8 Å². The summed E-state index contributed by atoms with van der Waals surface area (Å²) < 4.78 is 10.4. The van der Waals surface area contributed by atoms with Crippen molar-refractivity contribution in [2.75, 3.05) is 33.4 Å². The molecule has 3 rings (SSSR count). The number of benzene rings is 1. The maximum atomic E-state index is 12.8. The van der Waals surface area contributed by atoms with E-state index in [1.807, 2.05) is 0 Å². The van der Waals surface area contributed by atoms with Crippen LogP contribution < -0.4 is 15.8 Å². The number of nitrogens with two attached hydrogens (primary N) is 1. The van der Waals surface area contributed by atoms with Crippen molar-refractivity contribution in [2.24, 2.45) is 5.73 Å². The van der Waals surface area contributed by atoms with Gasteiger partial charge >= 0.3 is 6.03 Å². The number of hydrogen-bond acceptors (Lipinski definition) is 7. The Morgan fingerprint density at radius 2 is 2.00 bits per heavy atom. The number of rotatable bonds is 3. The molecule has 0 spiro atoms. The summed E-state index contributed by atoms with van der Waals surface area (Å²) in [6.45, 7) is 1.76. The summed E-state index contributed by atoms with van der Waals surface area (Å²) in [7, 11) is 1.56. The number of allylic oxidation sites excluding steroid dienone is 1. The number of hydrogen-bond donors (Lipinski definition) is 2. The van der Waals surface area contributed by atoms with Crippen molar-refractivity contribution in [1.82, 2.24) is 10.2 Å². The molecule has 2 atom stereocenters. The molecule has 3 amide bonds. The predicted octanol–water partition coefficient (Wildman–Crippen LogP) is 1.16. The van der Waals surface area contributed by atoms with Crippen molar-refractivity contribution in [2.45, 2.75) is 11.2 Å². The molecule has 9 heteroatoms. The molecule has 1 fully saturated rings. The van der Waals surface area contributed by atoms with Gasteiger partial charge in [-0.15, -0.1) is 0 Å². The SMILES string of the molecule is COc1ccc(C2C(C#N)=C(N)SC2C(=O)NC(=O)N2CCOCC2)cc1. The highest BCUT2D eigenvalue weighted by atomic mass is 32.2. The topological polar surface area (TPSA) is 118 Å². The smallest absolute Gasteiger partial charge is 0.324 e.